The van der Waals surface area contributed by atoms with Crippen molar-refractivity contribution in [3.63, 3.8) is 0 Å². The van der Waals surface area contributed by atoms with Crippen LogP contribution in [0.1, 0.15) is 0 Å². The minimum Gasteiger partial charge on any atom is -0.495 e. The second kappa shape index (κ2) is 7.99. The predicted molar refractivity (Wildman–Crippen MR) is 101 cm³/mol. The van der Waals surface area contributed by atoms with Crippen molar-refractivity contribution in [2.24, 2.45) is 0 Å². The first-order valence-electron chi connectivity index (χ1n) is 7.16. The Morgan fingerprint density at radius 2 is 1.60 bits per heavy atom. The van der Waals surface area contributed by atoms with Gasteiger partial charge in [-0.05, 0) is 36.4 Å². The number of methoxy groups -OCH3 is 2. The number of rotatable bonds is 7. The molecule has 0 spiro atoms. The summed E-state index contributed by atoms with van der Waals surface area (Å²) in [7, 11) is -0.936. The molecular formula is C17H17Cl2NO4S. The van der Waals surface area contributed by atoms with Crippen LogP contribution in [0.25, 0.3) is 0 Å². The molecule has 0 atom stereocenters. The van der Waals surface area contributed by atoms with Gasteiger partial charge in [-0.3, -0.25) is 4.31 Å². The summed E-state index contributed by atoms with van der Waals surface area (Å²) in [6, 6.07) is 9.01. The molecule has 8 heteroatoms. The number of anilines is 1. The van der Waals surface area contributed by atoms with Crippen molar-refractivity contribution < 1.29 is 17.9 Å². The van der Waals surface area contributed by atoms with Crippen molar-refractivity contribution >= 4 is 38.9 Å². The summed E-state index contributed by atoms with van der Waals surface area (Å²) < 4.78 is 37.4. The van der Waals surface area contributed by atoms with Crippen LogP contribution >= 0.6 is 23.2 Å². The van der Waals surface area contributed by atoms with Crippen LogP contribution in [0, 0.1) is 0 Å². The summed E-state index contributed by atoms with van der Waals surface area (Å²) in [6.45, 7) is 3.69. The number of benzene rings is 2. The van der Waals surface area contributed by atoms with E-state index in [1.165, 1.54) is 48.9 Å². The van der Waals surface area contributed by atoms with Gasteiger partial charge in [-0.15, -0.1) is 6.58 Å². The summed E-state index contributed by atoms with van der Waals surface area (Å²) >= 11 is 12.2. The fourth-order valence-electron chi connectivity index (χ4n) is 2.20. The first-order valence-corrected chi connectivity index (χ1v) is 9.35. The topological polar surface area (TPSA) is 55.8 Å². The Bertz CT molecular complexity index is 884. The van der Waals surface area contributed by atoms with E-state index < -0.39 is 10.0 Å². The number of hydrogen-bond acceptors (Lipinski definition) is 4. The van der Waals surface area contributed by atoms with Crippen molar-refractivity contribution in [1.82, 2.24) is 0 Å². The van der Waals surface area contributed by atoms with Crippen molar-refractivity contribution in [3.05, 3.63) is 59.1 Å². The van der Waals surface area contributed by atoms with Crippen LogP contribution in [0.3, 0.4) is 0 Å². The lowest BCUT2D eigenvalue weighted by Gasteiger charge is -2.24. The third kappa shape index (κ3) is 4.03. The van der Waals surface area contributed by atoms with Crippen molar-refractivity contribution in [2.75, 3.05) is 25.1 Å². The third-order valence-electron chi connectivity index (χ3n) is 3.43. The molecule has 0 aromatic heterocycles. The highest BCUT2D eigenvalue weighted by molar-refractivity contribution is 7.92. The molecule has 0 N–H and O–H groups in total. The molecule has 0 unspecified atom stereocenters. The molecule has 0 saturated heterocycles. The molecule has 0 aliphatic heterocycles. The molecule has 5 nitrogen and oxygen atoms in total. The van der Waals surface area contributed by atoms with Crippen molar-refractivity contribution in [1.29, 1.82) is 0 Å². The van der Waals surface area contributed by atoms with Gasteiger partial charge in [-0.1, -0.05) is 29.3 Å². The van der Waals surface area contributed by atoms with Crippen LogP contribution in [0.4, 0.5) is 5.69 Å². The maximum absolute atomic E-state index is 13.0. The number of halogens is 2. The lowest BCUT2D eigenvalue weighted by molar-refractivity contribution is 0.414. The van der Waals surface area contributed by atoms with E-state index in [4.69, 9.17) is 32.7 Å². The summed E-state index contributed by atoms with van der Waals surface area (Å²) in [5, 5.41) is 0.506. The monoisotopic (exact) mass is 401 g/mol. The molecule has 0 heterocycles. The fourth-order valence-corrected chi connectivity index (χ4v) is 4.23. The van der Waals surface area contributed by atoms with E-state index in [9.17, 15) is 8.42 Å². The number of sulfonamides is 1. The van der Waals surface area contributed by atoms with Crippen LogP contribution in [0.5, 0.6) is 11.5 Å². The van der Waals surface area contributed by atoms with E-state index in [2.05, 4.69) is 6.58 Å². The highest BCUT2D eigenvalue weighted by Gasteiger charge is 2.25. The number of ether oxygens (including phenoxy) is 2. The van der Waals surface area contributed by atoms with Crippen LogP contribution in [-0.4, -0.2) is 29.2 Å². The molecule has 0 saturated carbocycles. The molecule has 2 aromatic carbocycles. The van der Waals surface area contributed by atoms with Gasteiger partial charge in [-0.2, -0.15) is 0 Å². The summed E-state index contributed by atoms with van der Waals surface area (Å²) in [6.07, 6.45) is 1.49. The lowest BCUT2D eigenvalue weighted by Crippen LogP contribution is -2.31. The van der Waals surface area contributed by atoms with Gasteiger partial charge in [0.05, 0.1) is 41.4 Å². The molecule has 0 aliphatic rings. The number of hydrogen-bond donors (Lipinski definition) is 0. The maximum Gasteiger partial charge on any atom is 0.264 e. The molecule has 0 bridgehead atoms. The lowest BCUT2D eigenvalue weighted by atomic mass is 10.3. The van der Waals surface area contributed by atoms with Gasteiger partial charge in [-0.25, -0.2) is 8.42 Å². The van der Waals surface area contributed by atoms with Gasteiger partial charge >= 0.3 is 0 Å². The summed E-state index contributed by atoms with van der Waals surface area (Å²) in [5.74, 6) is 0.845. The zero-order valence-corrected chi connectivity index (χ0v) is 16.0. The van der Waals surface area contributed by atoms with Crippen LogP contribution in [0.15, 0.2) is 53.9 Å². The molecule has 0 fully saturated rings. The predicted octanol–water partition coefficient (Wildman–Crippen LogP) is 4.39. The standard InChI is InChI=1S/C17H17Cl2NO4S/c1-4-9-20(12-5-7-16(23-2)14(18)10-12)25(21,22)13-6-8-17(24-3)15(19)11-13/h4-8,10-11H,1,9H2,2-3H3. The second-order valence-corrected chi connectivity index (χ2v) is 7.62. The van der Waals surface area contributed by atoms with Gasteiger partial charge < -0.3 is 9.47 Å². The zero-order chi connectivity index (χ0) is 18.6. The third-order valence-corrected chi connectivity index (χ3v) is 5.81. The van der Waals surface area contributed by atoms with E-state index in [1.54, 1.807) is 12.1 Å². The zero-order valence-electron chi connectivity index (χ0n) is 13.7. The van der Waals surface area contributed by atoms with Gasteiger partial charge in [0.1, 0.15) is 11.5 Å². The quantitative estimate of drug-likeness (QED) is 0.645. The van der Waals surface area contributed by atoms with Gasteiger partial charge in [0.2, 0.25) is 0 Å². The van der Waals surface area contributed by atoms with E-state index >= 15 is 0 Å². The smallest absolute Gasteiger partial charge is 0.264 e. The SMILES string of the molecule is C=CCN(c1ccc(OC)c(Cl)c1)S(=O)(=O)c1ccc(OC)c(Cl)c1. The Kier molecular flexibility index (Phi) is 6.21. The Morgan fingerprint density at radius 3 is 2.08 bits per heavy atom. The highest BCUT2D eigenvalue weighted by atomic mass is 35.5. The molecule has 2 rings (SSSR count). The summed E-state index contributed by atoms with van der Waals surface area (Å²) in [5.41, 5.74) is 0.387. The average molecular weight is 402 g/mol. The molecule has 0 amide bonds. The molecule has 25 heavy (non-hydrogen) atoms. The first kappa shape index (κ1) is 19.4. The highest BCUT2D eigenvalue weighted by Crippen LogP contribution is 2.33. The fraction of sp³-hybridized carbons (Fsp3) is 0.176. The van der Waals surface area contributed by atoms with Crippen LogP contribution in [-0.2, 0) is 10.0 Å². The minimum atomic E-state index is -3.88. The Hall–Kier alpha value is -1.89. The maximum atomic E-state index is 13.0. The normalized spacial score (nSPS) is 11.0. The Morgan fingerprint density at radius 1 is 1.04 bits per heavy atom. The molecule has 134 valence electrons. The van der Waals surface area contributed by atoms with Crippen LogP contribution in [0.2, 0.25) is 10.0 Å². The van der Waals surface area contributed by atoms with E-state index in [0.29, 0.717) is 22.2 Å². The van der Waals surface area contributed by atoms with Crippen molar-refractivity contribution in [3.8, 4) is 11.5 Å². The first-order chi connectivity index (χ1) is 11.8. The molecule has 0 radical (unpaired) electrons. The minimum absolute atomic E-state index is 0.0343. The molecule has 0 aliphatic carbocycles. The van der Waals surface area contributed by atoms with Gasteiger partial charge in [0, 0.05) is 0 Å². The van der Waals surface area contributed by atoms with E-state index in [1.807, 2.05) is 0 Å². The number of nitrogens with zero attached hydrogens (tertiary/aromatic N) is 1. The average Bonchev–Trinajstić information content (AvgIpc) is 2.59. The van der Waals surface area contributed by atoms with Crippen molar-refractivity contribution in [2.45, 2.75) is 4.90 Å². The van der Waals surface area contributed by atoms with Crippen LogP contribution < -0.4 is 13.8 Å². The molecular weight excluding hydrogens is 385 g/mol. The van der Waals surface area contributed by atoms with Gasteiger partial charge in [0.15, 0.2) is 0 Å². The molecule has 2 aromatic rings. The summed E-state index contributed by atoms with van der Waals surface area (Å²) in [4.78, 5) is 0.0343. The largest absolute Gasteiger partial charge is 0.495 e. The Labute approximate surface area is 157 Å². The van der Waals surface area contributed by atoms with Gasteiger partial charge in [0.25, 0.3) is 10.0 Å². The van der Waals surface area contributed by atoms with E-state index in [-0.39, 0.29) is 16.5 Å². The second-order valence-electron chi connectivity index (χ2n) is 4.94. The van der Waals surface area contributed by atoms with E-state index in [0.717, 1.165) is 0 Å². The Balaban J connectivity index is 2.53.